The van der Waals surface area contributed by atoms with Crippen molar-refractivity contribution in [1.29, 1.82) is 0 Å². The molecule has 84 valence electrons. The predicted octanol–water partition coefficient (Wildman–Crippen LogP) is 2.11. The van der Waals surface area contributed by atoms with E-state index in [1.54, 1.807) is 0 Å². The number of aromatic nitrogens is 1. The standard InChI is InChI=1S/C13H16N2O/c1-9-3-5-11-6-8-12(14)7-4-10(2)16-13(11)15-9/h3-5,7-8,10H,6,14H2,1-2H3/b7-4-,12-8+. The lowest BCUT2D eigenvalue weighted by Gasteiger charge is -2.12. The number of fused-ring (bicyclic) bond motifs is 1. The molecule has 0 fully saturated rings. The van der Waals surface area contributed by atoms with Crippen LogP contribution in [0.4, 0.5) is 0 Å². The maximum atomic E-state index is 5.82. The average molecular weight is 216 g/mol. The molecule has 1 aromatic rings. The van der Waals surface area contributed by atoms with Crippen LogP contribution in [-0.4, -0.2) is 11.1 Å². The van der Waals surface area contributed by atoms with E-state index >= 15 is 0 Å². The Morgan fingerprint density at radius 3 is 3.06 bits per heavy atom. The van der Waals surface area contributed by atoms with Gasteiger partial charge in [0.25, 0.3) is 0 Å². The van der Waals surface area contributed by atoms with E-state index in [-0.39, 0.29) is 6.10 Å². The van der Waals surface area contributed by atoms with Crippen LogP contribution in [0, 0.1) is 6.92 Å². The van der Waals surface area contributed by atoms with Crippen LogP contribution in [0.1, 0.15) is 18.2 Å². The number of rotatable bonds is 0. The highest BCUT2D eigenvalue weighted by Gasteiger charge is 2.09. The van der Waals surface area contributed by atoms with E-state index in [9.17, 15) is 0 Å². The van der Waals surface area contributed by atoms with Crippen LogP contribution in [0.5, 0.6) is 5.88 Å². The van der Waals surface area contributed by atoms with Crippen LogP contribution in [0.25, 0.3) is 0 Å². The first-order valence-electron chi connectivity index (χ1n) is 5.42. The molecule has 0 aromatic carbocycles. The molecule has 0 spiro atoms. The van der Waals surface area contributed by atoms with Crippen LogP contribution in [0.2, 0.25) is 0 Å². The number of hydrogen-bond acceptors (Lipinski definition) is 3. The summed E-state index contributed by atoms with van der Waals surface area (Å²) in [5.41, 5.74) is 8.63. The molecule has 3 nitrogen and oxygen atoms in total. The molecule has 16 heavy (non-hydrogen) atoms. The average Bonchev–Trinajstić information content (AvgIpc) is 2.30. The van der Waals surface area contributed by atoms with Gasteiger partial charge in [0.2, 0.25) is 5.88 Å². The Bertz CT molecular complexity index is 449. The Hall–Kier alpha value is -1.77. The summed E-state index contributed by atoms with van der Waals surface area (Å²) in [6.07, 6.45) is 6.53. The number of pyridine rings is 1. The minimum atomic E-state index is -0.0156. The lowest BCUT2D eigenvalue weighted by Crippen LogP contribution is -2.10. The summed E-state index contributed by atoms with van der Waals surface area (Å²) in [6, 6.07) is 4.03. The van der Waals surface area contributed by atoms with Crippen molar-refractivity contribution >= 4 is 0 Å². The molecule has 1 aliphatic rings. The Kier molecular flexibility index (Phi) is 2.95. The first-order valence-corrected chi connectivity index (χ1v) is 5.42. The summed E-state index contributed by atoms with van der Waals surface area (Å²) >= 11 is 0. The van der Waals surface area contributed by atoms with E-state index in [4.69, 9.17) is 10.5 Å². The van der Waals surface area contributed by atoms with Gasteiger partial charge in [-0.15, -0.1) is 0 Å². The molecule has 1 atom stereocenters. The van der Waals surface area contributed by atoms with E-state index in [2.05, 4.69) is 4.98 Å². The number of ether oxygens (including phenoxy) is 1. The number of nitrogens with zero attached hydrogens (tertiary/aromatic N) is 1. The lowest BCUT2D eigenvalue weighted by atomic mass is 10.1. The number of allylic oxidation sites excluding steroid dienone is 2. The van der Waals surface area contributed by atoms with Gasteiger partial charge >= 0.3 is 0 Å². The van der Waals surface area contributed by atoms with Gasteiger partial charge in [-0.3, -0.25) is 0 Å². The van der Waals surface area contributed by atoms with Gasteiger partial charge in [-0.05, 0) is 38.5 Å². The van der Waals surface area contributed by atoms with Crippen molar-refractivity contribution < 1.29 is 4.74 Å². The molecular weight excluding hydrogens is 200 g/mol. The third-order valence-corrected chi connectivity index (χ3v) is 2.49. The molecule has 0 aliphatic carbocycles. The molecule has 1 unspecified atom stereocenters. The first-order chi connectivity index (χ1) is 7.65. The van der Waals surface area contributed by atoms with E-state index in [1.165, 1.54) is 0 Å². The van der Waals surface area contributed by atoms with Gasteiger partial charge in [-0.2, -0.15) is 0 Å². The molecule has 3 heteroatoms. The summed E-state index contributed by atoms with van der Waals surface area (Å²) in [5.74, 6) is 0.711. The molecule has 1 aliphatic heterocycles. The summed E-state index contributed by atoms with van der Waals surface area (Å²) in [4.78, 5) is 4.41. The fraction of sp³-hybridized carbons (Fsp3) is 0.308. The van der Waals surface area contributed by atoms with E-state index < -0.39 is 0 Å². The van der Waals surface area contributed by atoms with Crippen molar-refractivity contribution in [3.8, 4) is 5.88 Å². The monoisotopic (exact) mass is 216 g/mol. The maximum absolute atomic E-state index is 5.82. The van der Waals surface area contributed by atoms with Crippen molar-refractivity contribution in [2.45, 2.75) is 26.4 Å². The third kappa shape index (κ3) is 2.42. The van der Waals surface area contributed by atoms with Gasteiger partial charge in [-0.25, -0.2) is 4.98 Å². The van der Waals surface area contributed by atoms with Gasteiger partial charge < -0.3 is 10.5 Å². The molecule has 2 rings (SSSR count). The molecule has 2 N–H and O–H groups in total. The van der Waals surface area contributed by atoms with Crippen LogP contribution < -0.4 is 10.5 Å². The third-order valence-electron chi connectivity index (χ3n) is 2.49. The Balaban J connectivity index is 2.41. The minimum absolute atomic E-state index is 0.0156. The fourth-order valence-corrected chi connectivity index (χ4v) is 1.58. The second kappa shape index (κ2) is 4.39. The van der Waals surface area contributed by atoms with Gasteiger partial charge in [0.1, 0.15) is 6.10 Å². The normalized spacial score (nSPS) is 25.1. The molecule has 1 aromatic heterocycles. The van der Waals surface area contributed by atoms with Crippen molar-refractivity contribution in [3.63, 3.8) is 0 Å². The van der Waals surface area contributed by atoms with E-state index in [1.807, 2.05) is 44.2 Å². The molecule has 0 amide bonds. The van der Waals surface area contributed by atoms with Crippen molar-refractivity contribution in [2.24, 2.45) is 5.73 Å². The highest BCUT2D eigenvalue weighted by atomic mass is 16.5. The fourth-order valence-electron chi connectivity index (χ4n) is 1.58. The molecule has 0 bridgehead atoms. The summed E-state index contributed by atoms with van der Waals surface area (Å²) in [5, 5.41) is 0. The second-order valence-corrected chi connectivity index (χ2v) is 4.01. The van der Waals surface area contributed by atoms with Gasteiger partial charge in [0.05, 0.1) is 0 Å². The Morgan fingerprint density at radius 2 is 2.25 bits per heavy atom. The van der Waals surface area contributed by atoms with Gasteiger partial charge in [0.15, 0.2) is 0 Å². The minimum Gasteiger partial charge on any atom is -0.470 e. The molecule has 0 radical (unpaired) electrons. The van der Waals surface area contributed by atoms with Crippen LogP contribution in [-0.2, 0) is 6.42 Å². The van der Waals surface area contributed by atoms with Crippen LogP contribution in [0.15, 0.2) is 36.1 Å². The zero-order valence-electron chi connectivity index (χ0n) is 9.60. The second-order valence-electron chi connectivity index (χ2n) is 4.01. The van der Waals surface area contributed by atoms with Crippen LogP contribution >= 0.6 is 0 Å². The van der Waals surface area contributed by atoms with Gasteiger partial charge in [0, 0.05) is 17.0 Å². The summed E-state index contributed by atoms with van der Waals surface area (Å²) in [7, 11) is 0. The van der Waals surface area contributed by atoms with Crippen LogP contribution in [0.3, 0.4) is 0 Å². The molecule has 2 heterocycles. The zero-order chi connectivity index (χ0) is 11.5. The molecule has 0 saturated heterocycles. The lowest BCUT2D eigenvalue weighted by molar-refractivity contribution is 0.256. The zero-order valence-corrected chi connectivity index (χ0v) is 9.60. The van der Waals surface area contributed by atoms with E-state index in [0.717, 1.165) is 23.4 Å². The van der Waals surface area contributed by atoms with E-state index in [0.29, 0.717) is 5.88 Å². The highest BCUT2D eigenvalue weighted by Crippen LogP contribution is 2.20. The Morgan fingerprint density at radius 1 is 1.44 bits per heavy atom. The first kappa shape index (κ1) is 10.7. The quantitative estimate of drug-likeness (QED) is 0.722. The van der Waals surface area contributed by atoms with Crippen molar-refractivity contribution in [3.05, 3.63) is 47.3 Å². The van der Waals surface area contributed by atoms with Crippen molar-refractivity contribution in [1.82, 2.24) is 4.98 Å². The summed E-state index contributed by atoms with van der Waals surface area (Å²) < 4.78 is 5.76. The summed E-state index contributed by atoms with van der Waals surface area (Å²) in [6.45, 7) is 3.93. The molecular formula is C13H16N2O. The van der Waals surface area contributed by atoms with Gasteiger partial charge in [-0.1, -0.05) is 12.1 Å². The maximum Gasteiger partial charge on any atom is 0.217 e. The Labute approximate surface area is 95.6 Å². The number of nitrogens with two attached hydrogens (primary N) is 1. The number of aryl methyl sites for hydroxylation is 1. The smallest absolute Gasteiger partial charge is 0.217 e. The SMILES string of the molecule is Cc1ccc2c(n1)OC(C)/C=C\C(N)=C/C2. The largest absolute Gasteiger partial charge is 0.470 e. The highest BCUT2D eigenvalue weighted by molar-refractivity contribution is 5.33. The van der Waals surface area contributed by atoms with Crippen molar-refractivity contribution in [2.75, 3.05) is 0 Å². The molecule has 0 saturated carbocycles. The topological polar surface area (TPSA) is 48.1 Å². The predicted molar refractivity (Wildman–Crippen MR) is 64.2 cm³/mol. The number of hydrogen-bond donors (Lipinski definition) is 1.